The molecule has 2 N–H and O–H groups in total. The van der Waals surface area contributed by atoms with Crippen LogP contribution in [-0.2, 0) is 0 Å². The molecule has 0 amide bonds. The van der Waals surface area contributed by atoms with Gasteiger partial charge in [-0.3, -0.25) is 0 Å². The van der Waals surface area contributed by atoms with E-state index in [0.29, 0.717) is 0 Å². The van der Waals surface area contributed by atoms with Crippen LogP contribution in [0.1, 0.15) is 18.6 Å². The van der Waals surface area contributed by atoms with E-state index in [9.17, 15) is 17.6 Å². The Kier molecular flexibility index (Phi) is 4.53. The van der Waals surface area contributed by atoms with Crippen molar-refractivity contribution in [1.82, 2.24) is 0 Å². The molecule has 0 fully saturated rings. The highest BCUT2D eigenvalue weighted by atomic mass is 19.4. The van der Waals surface area contributed by atoms with Crippen LogP contribution in [0.25, 0.3) is 0 Å². The molecule has 2 unspecified atom stereocenters. The van der Waals surface area contributed by atoms with E-state index in [1.807, 2.05) is 0 Å². The summed E-state index contributed by atoms with van der Waals surface area (Å²) in [7, 11) is 0. The quantitative estimate of drug-likeness (QED) is 0.823. The van der Waals surface area contributed by atoms with Gasteiger partial charge in [-0.1, -0.05) is 6.07 Å². The van der Waals surface area contributed by atoms with Crippen LogP contribution in [0.4, 0.5) is 17.6 Å². The number of hydrogen-bond donors (Lipinski definition) is 2. The molecule has 1 rings (SSSR count). The Morgan fingerprint density at radius 1 is 1.28 bits per heavy atom. The van der Waals surface area contributed by atoms with Crippen LogP contribution in [0.3, 0.4) is 0 Å². The topological polar surface area (TPSA) is 49.7 Å². The van der Waals surface area contributed by atoms with Crippen molar-refractivity contribution in [1.29, 1.82) is 0 Å². The Morgan fingerprint density at radius 3 is 2.33 bits per heavy atom. The Balaban J connectivity index is 2.69. The van der Waals surface area contributed by atoms with Crippen LogP contribution in [0.15, 0.2) is 18.2 Å². The van der Waals surface area contributed by atoms with Crippen LogP contribution >= 0.6 is 0 Å². The molecule has 0 aliphatic rings. The minimum Gasteiger partial charge on any atom is -0.487 e. The fraction of sp³-hybridized carbons (Fsp3) is 0.455. The SMILES string of the molecule is CC(O)c1ccc(OCC(O)C(F)(F)F)c(F)c1. The van der Waals surface area contributed by atoms with Gasteiger partial charge in [0.1, 0.15) is 6.61 Å². The lowest BCUT2D eigenvalue weighted by Gasteiger charge is -2.16. The van der Waals surface area contributed by atoms with Gasteiger partial charge in [-0.05, 0) is 24.6 Å². The maximum atomic E-state index is 13.4. The van der Waals surface area contributed by atoms with Crippen molar-refractivity contribution >= 4 is 0 Å². The van der Waals surface area contributed by atoms with E-state index in [1.54, 1.807) is 0 Å². The van der Waals surface area contributed by atoms with Crippen molar-refractivity contribution in [2.45, 2.75) is 25.3 Å². The summed E-state index contributed by atoms with van der Waals surface area (Å²) in [6.07, 6.45) is -8.38. The van der Waals surface area contributed by atoms with Crippen molar-refractivity contribution in [2.75, 3.05) is 6.61 Å². The zero-order valence-corrected chi connectivity index (χ0v) is 9.41. The van der Waals surface area contributed by atoms with Gasteiger partial charge in [0.2, 0.25) is 0 Å². The molecular formula is C11H12F4O3. The van der Waals surface area contributed by atoms with Crippen LogP contribution in [0.5, 0.6) is 5.75 Å². The molecule has 0 aromatic heterocycles. The first-order chi connectivity index (χ1) is 8.21. The Bertz CT molecular complexity index is 404. The van der Waals surface area contributed by atoms with Crippen molar-refractivity contribution in [3.63, 3.8) is 0 Å². The molecule has 18 heavy (non-hydrogen) atoms. The molecule has 0 saturated carbocycles. The predicted molar refractivity (Wildman–Crippen MR) is 54.6 cm³/mol. The van der Waals surface area contributed by atoms with Gasteiger partial charge in [-0.2, -0.15) is 13.2 Å². The molecule has 2 atom stereocenters. The van der Waals surface area contributed by atoms with Crippen molar-refractivity contribution < 1.29 is 32.5 Å². The number of benzene rings is 1. The van der Waals surface area contributed by atoms with Crippen molar-refractivity contribution in [3.8, 4) is 5.75 Å². The summed E-state index contributed by atoms with van der Waals surface area (Å²) >= 11 is 0. The third-order valence-corrected chi connectivity index (χ3v) is 2.21. The van der Waals surface area contributed by atoms with E-state index < -0.39 is 36.6 Å². The molecular weight excluding hydrogens is 256 g/mol. The van der Waals surface area contributed by atoms with Crippen molar-refractivity contribution in [3.05, 3.63) is 29.6 Å². The third-order valence-electron chi connectivity index (χ3n) is 2.21. The summed E-state index contributed by atoms with van der Waals surface area (Å²) in [5.74, 6) is -1.31. The first kappa shape index (κ1) is 14.7. The van der Waals surface area contributed by atoms with Gasteiger partial charge in [0.25, 0.3) is 0 Å². The summed E-state index contributed by atoms with van der Waals surface area (Å²) in [4.78, 5) is 0. The number of rotatable bonds is 4. The van der Waals surface area contributed by atoms with Crippen LogP contribution in [0, 0.1) is 5.82 Å². The maximum Gasteiger partial charge on any atom is 0.417 e. The average Bonchev–Trinajstić information content (AvgIpc) is 2.25. The molecule has 1 aromatic rings. The zero-order valence-electron chi connectivity index (χ0n) is 9.41. The summed E-state index contributed by atoms with van der Waals surface area (Å²) in [6, 6.07) is 3.38. The molecule has 3 nitrogen and oxygen atoms in total. The highest BCUT2D eigenvalue weighted by molar-refractivity contribution is 5.30. The van der Waals surface area contributed by atoms with E-state index in [2.05, 4.69) is 4.74 Å². The summed E-state index contributed by atoms with van der Waals surface area (Å²) in [6.45, 7) is 0.331. The zero-order chi connectivity index (χ0) is 13.9. The van der Waals surface area contributed by atoms with Gasteiger partial charge >= 0.3 is 6.18 Å². The molecule has 0 heterocycles. The van der Waals surface area contributed by atoms with Gasteiger partial charge in [0, 0.05) is 0 Å². The molecule has 0 aliphatic heterocycles. The Morgan fingerprint density at radius 2 is 1.89 bits per heavy atom. The first-order valence-electron chi connectivity index (χ1n) is 5.07. The first-order valence-corrected chi connectivity index (χ1v) is 5.07. The van der Waals surface area contributed by atoms with E-state index in [1.165, 1.54) is 13.0 Å². The monoisotopic (exact) mass is 268 g/mol. The second-order valence-corrected chi connectivity index (χ2v) is 3.73. The number of aliphatic hydroxyl groups is 2. The van der Waals surface area contributed by atoms with E-state index >= 15 is 0 Å². The van der Waals surface area contributed by atoms with Gasteiger partial charge in [-0.15, -0.1) is 0 Å². The number of alkyl halides is 3. The van der Waals surface area contributed by atoms with Crippen molar-refractivity contribution in [2.24, 2.45) is 0 Å². The molecule has 0 aliphatic carbocycles. The number of aliphatic hydroxyl groups excluding tert-OH is 2. The van der Waals surface area contributed by atoms with Gasteiger partial charge in [0.15, 0.2) is 17.7 Å². The lowest BCUT2D eigenvalue weighted by atomic mass is 10.1. The average molecular weight is 268 g/mol. The molecule has 0 saturated heterocycles. The van der Waals surface area contributed by atoms with Crippen LogP contribution < -0.4 is 4.74 Å². The largest absolute Gasteiger partial charge is 0.487 e. The number of halogens is 4. The Hall–Kier alpha value is -1.34. The minimum absolute atomic E-state index is 0.274. The fourth-order valence-corrected chi connectivity index (χ4v) is 1.16. The molecule has 7 heteroatoms. The summed E-state index contributed by atoms with van der Waals surface area (Å²) in [5, 5.41) is 17.8. The highest BCUT2D eigenvalue weighted by Crippen LogP contribution is 2.24. The maximum absolute atomic E-state index is 13.4. The number of ether oxygens (including phenoxy) is 1. The van der Waals surface area contributed by atoms with Crippen LogP contribution in [0.2, 0.25) is 0 Å². The van der Waals surface area contributed by atoms with E-state index in [0.717, 1.165) is 12.1 Å². The number of hydrogen-bond acceptors (Lipinski definition) is 3. The highest BCUT2D eigenvalue weighted by Gasteiger charge is 2.38. The van der Waals surface area contributed by atoms with E-state index in [4.69, 9.17) is 10.2 Å². The molecule has 1 aromatic carbocycles. The summed E-state index contributed by atoms with van der Waals surface area (Å²) < 4.78 is 53.8. The van der Waals surface area contributed by atoms with Gasteiger partial charge in [-0.25, -0.2) is 4.39 Å². The molecule has 0 radical (unpaired) electrons. The Labute approximate surface area is 101 Å². The lowest BCUT2D eigenvalue weighted by Crippen LogP contribution is -2.34. The predicted octanol–water partition coefficient (Wildman–Crippen LogP) is 2.18. The minimum atomic E-state index is -4.81. The molecule has 0 bridgehead atoms. The van der Waals surface area contributed by atoms with Crippen LogP contribution in [-0.4, -0.2) is 29.1 Å². The van der Waals surface area contributed by atoms with Gasteiger partial charge in [0.05, 0.1) is 6.10 Å². The second kappa shape index (κ2) is 5.53. The second-order valence-electron chi connectivity index (χ2n) is 3.73. The summed E-state index contributed by atoms with van der Waals surface area (Å²) in [5.41, 5.74) is 0.274. The smallest absolute Gasteiger partial charge is 0.417 e. The molecule has 0 spiro atoms. The van der Waals surface area contributed by atoms with Gasteiger partial charge < -0.3 is 14.9 Å². The third kappa shape index (κ3) is 3.85. The lowest BCUT2D eigenvalue weighted by molar-refractivity contribution is -0.210. The van der Waals surface area contributed by atoms with E-state index in [-0.39, 0.29) is 5.56 Å². The fourth-order valence-electron chi connectivity index (χ4n) is 1.16. The standard InChI is InChI=1S/C11H12F4O3/c1-6(16)7-2-3-9(8(12)4-7)18-5-10(17)11(13,14)15/h2-4,6,10,16-17H,5H2,1H3. The molecule has 102 valence electrons. The normalized spacial score (nSPS) is 15.3.